The number of aromatic carboxylic acids is 1. The van der Waals surface area contributed by atoms with Crippen molar-refractivity contribution in [3.63, 3.8) is 0 Å². The quantitative estimate of drug-likeness (QED) is 0.847. The highest BCUT2D eigenvalue weighted by atomic mass is 32.2. The first-order valence-corrected chi connectivity index (χ1v) is 8.57. The number of carboxylic acids is 1. The van der Waals surface area contributed by atoms with Gasteiger partial charge in [-0.15, -0.1) is 23.1 Å². The van der Waals surface area contributed by atoms with Gasteiger partial charge in [-0.25, -0.2) is 4.79 Å². The standard InChI is InChI=1S/C14H16N2O2S2/c17-14(18)13-7-12(9-20-13)19-8-10-5-6-16(15-10)11-3-1-2-4-11/h5-7,9,11H,1-4,8H2,(H,17,18). The van der Waals surface area contributed by atoms with E-state index in [1.807, 2.05) is 5.38 Å². The maximum atomic E-state index is 10.8. The normalized spacial score (nSPS) is 15.8. The van der Waals surface area contributed by atoms with E-state index in [0.29, 0.717) is 10.9 Å². The average molecular weight is 308 g/mol. The van der Waals surface area contributed by atoms with Crippen LogP contribution in [0.2, 0.25) is 0 Å². The number of thioether (sulfide) groups is 1. The highest BCUT2D eigenvalue weighted by Crippen LogP contribution is 2.30. The molecular formula is C14H16N2O2S2. The molecule has 0 unspecified atom stereocenters. The third kappa shape index (κ3) is 3.07. The molecule has 106 valence electrons. The molecule has 1 saturated carbocycles. The molecule has 0 atom stereocenters. The summed E-state index contributed by atoms with van der Waals surface area (Å²) in [5, 5.41) is 15.4. The van der Waals surface area contributed by atoms with Gasteiger partial charge in [-0.1, -0.05) is 12.8 Å². The molecule has 2 aromatic heterocycles. The molecule has 1 aliphatic carbocycles. The van der Waals surface area contributed by atoms with Crippen LogP contribution in [0.25, 0.3) is 0 Å². The zero-order chi connectivity index (χ0) is 13.9. The molecule has 2 heterocycles. The van der Waals surface area contributed by atoms with Crippen LogP contribution in [-0.4, -0.2) is 20.9 Å². The van der Waals surface area contributed by atoms with Crippen LogP contribution in [0.15, 0.2) is 28.6 Å². The van der Waals surface area contributed by atoms with E-state index in [1.54, 1.807) is 17.8 Å². The molecule has 1 fully saturated rings. The summed E-state index contributed by atoms with van der Waals surface area (Å²) in [4.78, 5) is 12.2. The zero-order valence-corrected chi connectivity index (χ0v) is 12.6. The summed E-state index contributed by atoms with van der Waals surface area (Å²) in [6.07, 6.45) is 7.16. The fourth-order valence-corrected chi connectivity index (χ4v) is 4.26. The van der Waals surface area contributed by atoms with E-state index < -0.39 is 5.97 Å². The van der Waals surface area contributed by atoms with Gasteiger partial charge in [-0.05, 0) is 25.0 Å². The second kappa shape index (κ2) is 6.01. The van der Waals surface area contributed by atoms with Crippen molar-refractivity contribution < 1.29 is 9.90 Å². The number of carboxylic acid groups (broad SMARTS) is 1. The van der Waals surface area contributed by atoms with E-state index in [4.69, 9.17) is 5.11 Å². The van der Waals surface area contributed by atoms with Gasteiger partial charge < -0.3 is 5.11 Å². The Kier molecular flexibility index (Phi) is 4.12. The van der Waals surface area contributed by atoms with Gasteiger partial charge in [0.2, 0.25) is 0 Å². The molecule has 1 aliphatic rings. The molecule has 0 saturated heterocycles. The van der Waals surface area contributed by atoms with Gasteiger partial charge in [0.15, 0.2) is 0 Å². The van der Waals surface area contributed by atoms with Crippen LogP contribution in [0.5, 0.6) is 0 Å². The Balaban J connectivity index is 1.58. The van der Waals surface area contributed by atoms with E-state index in [1.165, 1.54) is 37.0 Å². The van der Waals surface area contributed by atoms with Crippen LogP contribution < -0.4 is 0 Å². The first kappa shape index (κ1) is 13.7. The maximum absolute atomic E-state index is 10.8. The van der Waals surface area contributed by atoms with Gasteiger partial charge in [0.25, 0.3) is 0 Å². The number of hydrogen-bond donors (Lipinski definition) is 1. The molecule has 0 amide bonds. The lowest BCUT2D eigenvalue weighted by atomic mass is 10.3. The van der Waals surface area contributed by atoms with E-state index >= 15 is 0 Å². The summed E-state index contributed by atoms with van der Waals surface area (Å²) in [5.41, 5.74) is 1.06. The van der Waals surface area contributed by atoms with Gasteiger partial charge in [0, 0.05) is 22.2 Å². The molecule has 6 heteroatoms. The van der Waals surface area contributed by atoms with E-state index in [2.05, 4.69) is 22.0 Å². The Hall–Kier alpha value is -1.27. The number of carbonyl (C=O) groups is 1. The van der Waals surface area contributed by atoms with E-state index in [0.717, 1.165) is 16.3 Å². The molecule has 4 nitrogen and oxygen atoms in total. The average Bonchev–Trinajstić information content (AvgIpc) is 3.17. The smallest absolute Gasteiger partial charge is 0.345 e. The Morgan fingerprint density at radius 2 is 2.30 bits per heavy atom. The van der Waals surface area contributed by atoms with Gasteiger partial charge >= 0.3 is 5.97 Å². The molecular weight excluding hydrogens is 292 g/mol. The van der Waals surface area contributed by atoms with Gasteiger partial charge in [-0.3, -0.25) is 4.68 Å². The summed E-state index contributed by atoms with van der Waals surface area (Å²) >= 11 is 2.91. The van der Waals surface area contributed by atoms with Crippen LogP contribution in [0.3, 0.4) is 0 Å². The van der Waals surface area contributed by atoms with E-state index in [-0.39, 0.29) is 0 Å². The third-order valence-corrected chi connectivity index (χ3v) is 5.61. The second-order valence-electron chi connectivity index (χ2n) is 4.97. The molecule has 0 aromatic carbocycles. The number of thiophene rings is 1. The maximum Gasteiger partial charge on any atom is 0.345 e. The molecule has 0 radical (unpaired) electrons. The van der Waals surface area contributed by atoms with Crippen molar-refractivity contribution in [1.29, 1.82) is 0 Å². The van der Waals surface area contributed by atoms with Crippen LogP contribution >= 0.6 is 23.1 Å². The summed E-state index contributed by atoms with van der Waals surface area (Å²) < 4.78 is 2.10. The van der Waals surface area contributed by atoms with Crippen molar-refractivity contribution in [3.8, 4) is 0 Å². The van der Waals surface area contributed by atoms with Gasteiger partial charge in [0.1, 0.15) is 4.88 Å². The number of nitrogens with zero attached hydrogens (tertiary/aromatic N) is 2. The Morgan fingerprint density at radius 1 is 1.50 bits per heavy atom. The topological polar surface area (TPSA) is 55.1 Å². The van der Waals surface area contributed by atoms with Crippen molar-refractivity contribution in [3.05, 3.63) is 34.3 Å². The lowest BCUT2D eigenvalue weighted by Crippen LogP contribution is -2.05. The lowest BCUT2D eigenvalue weighted by molar-refractivity contribution is 0.0702. The van der Waals surface area contributed by atoms with Crippen molar-refractivity contribution >= 4 is 29.1 Å². The molecule has 3 rings (SSSR count). The molecule has 20 heavy (non-hydrogen) atoms. The monoisotopic (exact) mass is 308 g/mol. The minimum Gasteiger partial charge on any atom is -0.477 e. The molecule has 0 bridgehead atoms. The highest BCUT2D eigenvalue weighted by molar-refractivity contribution is 7.98. The van der Waals surface area contributed by atoms with Crippen LogP contribution in [0.1, 0.15) is 47.1 Å². The fraction of sp³-hybridized carbons (Fsp3) is 0.429. The van der Waals surface area contributed by atoms with Gasteiger partial charge in [0.05, 0.1) is 11.7 Å². The highest BCUT2D eigenvalue weighted by Gasteiger charge is 2.17. The lowest BCUT2D eigenvalue weighted by Gasteiger charge is -2.08. The summed E-state index contributed by atoms with van der Waals surface area (Å²) in [6, 6.07) is 4.37. The zero-order valence-electron chi connectivity index (χ0n) is 11.0. The van der Waals surface area contributed by atoms with Crippen molar-refractivity contribution in [1.82, 2.24) is 9.78 Å². The summed E-state index contributed by atoms with van der Waals surface area (Å²) in [5.74, 6) is -0.0671. The molecule has 1 N–H and O–H groups in total. The first-order chi connectivity index (χ1) is 9.72. The molecule has 0 spiro atoms. The number of rotatable bonds is 5. The van der Waals surface area contributed by atoms with Crippen LogP contribution in [0, 0.1) is 0 Å². The number of hydrogen-bond acceptors (Lipinski definition) is 4. The molecule has 0 aliphatic heterocycles. The van der Waals surface area contributed by atoms with E-state index in [9.17, 15) is 4.79 Å². The summed E-state index contributed by atoms with van der Waals surface area (Å²) in [6.45, 7) is 0. The Labute approximate surface area is 125 Å². The van der Waals surface area contributed by atoms with Crippen molar-refractivity contribution in [2.75, 3.05) is 0 Å². The number of aromatic nitrogens is 2. The minimum atomic E-state index is -0.854. The SMILES string of the molecule is O=C(O)c1cc(SCc2ccn(C3CCCC3)n2)cs1. The van der Waals surface area contributed by atoms with Gasteiger partial charge in [-0.2, -0.15) is 5.10 Å². The predicted molar refractivity (Wildman–Crippen MR) is 80.6 cm³/mol. The van der Waals surface area contributed by atoms with Crippen LogP contribution in [0.4, 0.5) is 0 Å². The second-order valence-corrected chi connectivity index (χ2v) is 6.93. The Bertz CT molecular complexity index is 600. The minimum absolute atomic E-state index is 0.393. The Morgan fingerprint density at radius 3 is 3.00 bits per heavy atom. The van der Waals surface area contributed by atoms with Crippen molar-refractivity contribution in [2.45, 2.75) is 42.4 Å². The first-order valence-electron chi connectivity index (χ1n) is 6.71. The largest absolute Gasteiger partial charge is 0.477 e. The third-order valence-electron chi connectivity index (χ3n) is 3.54. The van der Waals surface area contributed by atoms with Crippen molar-refractivity contribution in [2.24, 2.45) is 0 Å². The van der Waals surface area contributed by atoms with Crippen LogP contribution in [-0.2, 0) is 5.75 Å². The fourth-order valence-electron chi connectivity index (χ4n) is 2.49. The predicted octanol–water partition coefficient (Wildman–Crippen LogP) is 4.05. The summed E-state index contributed by atoms with van der Waals surface area (Å²) in [7, 11) is 0. The molecule has 2 aromatic rings.